The van der Waals surface area contributed by atoms with E-state index in [9.17, 15) is 4.79 Å². The molecular weight excluding hydrogens is 224 g/mol. The summed E-state index contributed by atoms with van der Waals surface area (Å²) < 4.78 is 20.3. The summed E-state index contributed by atoms with van der Waals surface area (Å²) in [4.78, 5) is 11.5. The predicted molar refractivity (Wildman–Crippen MR) is 63.4 cm³/mol. The molecule has 5 nitrogen and oxygen atoms in total. The molecule has 100 valence electrons. The summed E-state index contributed by atoms with van der Waals surface area (Å²) in [5, 5.41) is 0. The van der Waals surface area contributed by atoms with Gasteiger partial charge < -0.3 is 18.9 Å². The number of ether oxygens (including phenoxy) is 4. The zero-order valence-corrected chi connectivity index (χ0v) is 11.5. The van der Waals surface area contributed by atoms with E-state index in [-0.39, 0.29) is 12.6 Å². The molecule has 0 N–H and O–H groups in total. The van der Waals surface area contributed by atoms with Crippen LogP contribution in [-0.4, -0.2) is 39.9 Å². The quantitative estimate of drug-likeness (QED) is 0.390. The molecule has 0 aromatic rings. The van der Waals surface area contributed by atoms with Crippen LogP contribution in [0.3, 0.4) is 0 Å². The van der Waals surface area contributed by atoms with Crippen LogP contribution in [-0.2, 0) is 23.7 Å². The molecule has 0 heterocycles. The van der Waals surface area contributed by atoms with E-state index in [0.29, 0.717) is 12.0 Å². The number of hydrogen-bond donors (Lipinski definition) is 0. The largest absolute Gasteiger partial charge is 0.462 e. The highest BCUT2D eigenvalue weighted by Gasteiger charge is 2.29. The molecule has 0 unspecified atom stereocenters. The fourth-order valence-electron chi connectivity index (χ4n) is 1.14. The van der Waals surface area contributed by atoms with Crippen molar-refractivity contribution in [3.05, 3.63) is 11.1 Å². The monoisotopic (exact) mass is 246 g/mol. The van der Waals surface area contributed by atoms with Crippen LogP contribution in [0, 0.1) is 0 Å². The van der Waals surface area contributed by atoms with Gasteiger partial charge in [0.15, 0.2) is 0 Å². The van der Waals surface area contributed by atoms with E-state index in [1.807, 2.05) is 13.8 Å². The summed E-state index contributed by atoms with van der Waals surface area (Å²) in [6.45, 7) is 5.62. The van der Waals surface area contributed by atoms with Crippen molar-refractivity contribution in [2.45, 2.75) is 33.2 Å². The Bertz CT molecular complexity index is 266. The van der Waals surface area contributed by atoms with E-state index >= 15 is 0 Å². The average molecular weight is 246 g/mol. The van der Waals surface area contributed by atoms with Gasteiger partial charge in [0.2, 0.25) is 0 Å². The molecule has 0 amide bonds. The van der Waals surface area contributed by atoms with Crippen LogP contribution in [0.15, 0.2) is 11.1 Å². The summed E-state index contributed by atoms with van der Waals surface area (Å²) >= 11 is 0. The first kappa shape index (κ1) is 16.1. The Morgan fingerprint density at radius 3 is 1.82 bits per heavy atom. The molecule has 0 fully saturated rings. The lowest BCUT2D eigenvalue weighted by Crippen LogP contribution is -2.37. The molecule has 0 aromatic carbocycles. The van der Waals surface area contributed by atoms with Gasteiger partial charge in [-0.2, -0.15) is 0 Å². The van der Waals surface area contributed by atoms with E-state index in [2.05, 4.69) is 0 Å². The standard InChI is InChI=1S/C12H22O5/c1-9(2)10(3)11(13)17-8-7-12(14-4,15-5)16-6/h7-8H2,1-6H3. The van der Waals surface area contributed by atoms with E-state index in [0.717, 1.165) is 5.57 Å². The van der Waals surface area contributed by atoms with Crippen molar-refractivity contribution in [1.82, 2.24) is 0 Å². The van der Waals surface area contributed by atoms with E-state index in [1.165, 1.54) is 21.3 Å². The molecule has 0 aliphatic rings. The lowest BCUT2D eigenvalue weighted by atomic mass is 10.2. The first-order chi connectivity index (χ1) is 7.92. The minimum atomic E-state index is -1.15. The number of hydrogen-bond acceptors (Lipinski definition) is 5. The minimum Gasteiger partial charge on any atom is -0.462 e. The van der Waals surface area contributed by atoms with Gasteiger partial charge in [-0.1, -0.05) is 5.57 Å². The second-order valence-corrected chi connectivity index (χ2v) is 3.81. The van der Waals surface area contributed by atoms with E-state index in [1.54, 1.807) is 6.92 Å². The third kappa shape index (κ3) is 4.85. The Hall–Kier alpha value is -0.910. The van der Waals surface area contributed by atoms with Crippen molar-refractivity contribution in [2.24, 2.45) is 0 Å². The average Bonchev–Trinajstić information content (AvgIpc) is 2.34. The highest BCUT2D eigenvalue weighted by Crippen LogP contribution is 2.17. The van der Waals surface area contributed by atoms with Gasteiger partial charge >= 0.3 is 5.97 Å². The molecule has 0 saturated carbocycles. The normalized spacial score (nSPS) is 11.2. The van der Waals surface area contributed by atoms with Crippen LogP contribution in [0.5, 0.6) is 0 Å². The maximum Gasteiger partial charge on any atom is 0.333 e. The Kier molecular flexibility index (Phi) is 7.03. The van der Waals surface area contributed by atoms with Crippen LogP contribution in [0.25, 0.3) is 0 Å². The second kappa shape index (κ2) is 7.42. The fourth-order valence-corrected chi connectivity index (χ4v) is 1.14. The molecule has 0 radical (unpaired) electrons. The lowest BCUT2D eigenvalue weighted by molar-refractivity contribution is -0.356. The first-order valence-electron chi connectivity index (χ1n) is 5.39. The van der Waals surface area contributed by atoms with Crippen molar-refractivity contribution in [3.63, 3.8) is 0 Å². The van der Waals surface area contributed by atoms with Crippen LogP contribution < -0.4 is 0 Å². The van der Waals surface area contributed by atoms with Crippen molar-refractivity contribution in [1.29, 1.82) is 0 Å². The van der Waals surface area contributed by atoms with Crippen LogP contribution in [0.4, 0.5) is 0 Å². The van der Waals surface area contributed by atoms with Gasteiger partial charge in [0, 0.05) is 26.9 Å². The van der Waals surface area contributed by atoms with Crippen molar-refractivity contribution >= 4 is 5.97 Å². The van der Waals surface area contributed by atoms with Crippen LogP contribution in [0.2, 0.25) is 0 Å². The fraction of sp³-hybridized carbons (Fsp3) is 0.750. The molecule has 0 saturated heterocycles. The smallest absolute Gasteiger partial charge is 0.333 e. The van der Waals surface area contributed by atoms with Crippen molar-refractivity contribution < 1.29 is 23.7 Å². The molecule has 0 bridgehead atoms. The van der Waals surface area contributed by atoms with Crippen molar-refractivity contribution in [3.8, 4) is 0 Å². The van der Waals surface area contributed by atoms with Gasteiger partial charge in [0.1, 0.15) is 0 Å². The molecule has 17 heavy (non-hydrogen) atoms. The molecular formula is C12H22O5. The number of methoxy groups -OCH3 is 3. The molecule has 0 aliphatic heterocycles. The lowest BCUT2D eigenvalue weighted by Gasteiger charge is -2.28. The SMILES string of the molecule is COC(CCOC(=O)C(C)=C(C)C)(OC)OC. The zero-order valence-electron chi connectivity index (χ0n) is 11.5. The zero-order chi connectivity index (χ0) is 13.5. The van der Waals surface area contributed by atoms with E-state index in [4.69, 9.17) is 18.9 Å². The molecule has 0 spiro atoms. The summed E-state index contributed by atoms with van der Waals surface area (Å²) in [5.41, 5.74) is 1.55. The van der Waals surface area contributed by atoms with Gasteiger partial charge in [-0.25, -0.2) is 4.79 Å². The summed E-state index contributed by atoms with van der Waals surface area (Å²) in [5.74, 6) is -1.48. The minimum absolute atomic E-state index is 0.166. The third-order valence-corrected chi connectivity index (χ3v) is 2.63. The third-order valence-electron chi connectivity index (χ3n) is 2.63. The topological polar surface area (TPSA) is 54.0 Å². The Morgan fingerprint density at radius 2 is 1.47 bits per heavy atom. The molecule has 0 atom stereocenters. The maximum absolute atomic E-state index is 11.5. The molecule has 5 heteroatoms. The number of carbonyl (C=O) groups is 1. The van der Waals surface area contributed by atoms with E-state index < -0.39 is 5.97 Å². The van der Waals surface area contributed by atoms with Gasteiger partial charge in [-0.05, 0) is 20.8 Å². The summed E-state index contributed by atoms with van der Waals surface area (Å²) in [6, 6.07) is 0. The van der Waals surface area contributed by atoms with Gasteiger partial charge in [-0.15, -0.1) is 0 Å². The van der Waals surface area contributed by atoms with Gasteiger partial charge in [-0.3, -0.25) is 0 Å². The Labute approximate surface area is 103 Å². The summed E-state index contributed by atoms with van der Waals surface area (Å²) in [6.07, 6.45) is 0.304. The Balaban J connectivity index is 4.24. The van der Waals surface area contributed by atoms with Crippen LogP contribution >= 0.6 is 0 Å². The van der Waals surface area contributed by atoms with Gasteiger partial charge in [0.05, 0.1) is 13.0 Å². The van der Waals surface area contributed by atoms with Crippen LogP contribution in [0.1, 0.15) is 27.2 Å². The molecule has 0 aromatic heterocycles. The number of rotatable bonds is 7. The molecule has 0 aliphatic carbocycles. The number of carbonyl (C=O) groups excluding carboxylic acids is 1. The maximum atomic E-state index is 11.5. The van der Waals surface area contributed by atoms with Crippen molar-refractivity contribution in [2.75, 3.05) is 27.9 Å². The molecule has 0 rings (SSSR count). The van der Waals surface area contributed by atoms with Gasteiger partial charge in [0.25, 0.3) is 5.97 Å². The number of esters is 1. The summed E-state index contributed by atoms with van der Waals surface area (Å²) in [7, 11) is 4.41. The highest BCUT2D eigenvalue weighted by molar-refractivity contribution is 5.88. The Morgan fingerprint density at radius 1 is 1.00 bits per heavy atom. The highest BCUT2D eigenvalue weighted by atomic mass is 16.9. The first-order valence-corrected chi connectivity index (χ1v) is 5.39. The second-order valence-electron chi connectivity index (χ2n) is 3.81. The number of allylic oxidation sites excluding steroid dienone is 1. The predicted octanol–water partition coefficient (Wildman–Crippen LogP) is 1.87.